The summed E-state index contributed by atoms with van der Waals surface area (Å²) in [7, 11) is -3.51. The van der Waals surface area contributed by atoms with E-state index in [1.165, 1.54) is 0 Å². The van der Waals surface area contributed by atoms with Gasteiger partial charge in [-0.2, -0.15) is 4.31 Å². The van der Waals surface area contributed by atoms with E-state index in [-0.39, 0.29) is 10.9 Å². The third-order valence-electron chi connectivity index (χ3n) is 5.35. The third-order valence-corrected chi connectivity index (χ3v) is 7.52. The number of sulfonamides is 1. The minimum absolute atomic E-state index is 0.195. The number of imidazole rings is 1. The summed E-state index contributed by atoms with van der Waals surface area (Å²) in [4.78, 5) is 9.66. The summed E-state index contributed by atoms with van der Waals surface area (Å²) in [5, 5.41) is 0.528. The molecule has 0 unspecified atom stereocenters. The number of pyridine rings is 1. The number of hydrogen-bond acceptors (Lipinski definition) is 4. The van der Waals surface area contributed by atoms with Gasteiger partial charge in [-0.25, -0.2) is 18.4 Å². The molecule has 0 atom stereocenters. The lowest BCUT2D eigenvalue weighted by Gasteiger charge is -2.32. The van der Waals surface area contributed by atoms with E-state index in [0.29, 0.717) is 24.0 Å². The van der Waals surface area contributed by atoms with Gasteiger partial charge in [-0.1, -0.05) is 25.4 Å². The van der Waals surface area contributed by atoms with Gasteiger partial charge in [0.05, 0.1) is 4.90 Å². The van der Waals surface area contributed by atoms with Gasteiger partial charge in [-0.05, 0) is 55.2 Å². The largest absolute Gasteiger partial charge is 0.309 e. The molecule has 1 aromatic carbocycles. The van der Waals surface area contributed by atoms with Crippen LogP contribution in [-0.2, 0) is 16.4 Å². The van der Waals surface area contributed by atoms with E-state index in [9.17, 15) is 8.42 Å². The first-order valence-corrected chi connectivity index (χ1v) is 11.8. The van der Waals surface area contributed by atoms with Gasteiger partial charge in [0, 0.05) is 36.8 Å². The van der Waals surface area contributed by atoms with Crippen molar-refractivity contribution in [2.45, 2.75) is 44.0 Å². The van der Waals surface area contributed by atoms with Crippen molar-refractivity contribution in [3.8, 4) is 0 Å². The summed E-state index contributed by atoms with van der Waals surface area (Å²) in [6.45, 7) is 5.31. The third kappa shape index (κ3) is 4.04. The Balaban J connectivity index is 1.58. The molecule has 1 fully saturated rings. The Morgan fingerprint density at radius 1 is 1.14 bits per heavy atom. The van der Waals surface area contributed by atoms with Gasteiger partial charge in [-0.3, -0.25) is 0 Å². The molecule has 2 aromatic heterocycles. The van der Waals surface area contributed by atoms with Gasteiger partial charge in [0.15, 0.2) is 5.65 Å². The lowest BCUT2D eigenvalue weighted by Crippen LogP contribution is -2.39. The molecule has 0 aliphatic carbocycles. The molecule has 6 nitrogen and oxygen atoms in total. The number of rotatable bonds is 5. The van der Waals surface area contributed by atoms with Crippen molar-refractivity contribution in [2.24, 2.45) is 5.92 Å². The molecule has 0 radical (unpaired) electrons. The van der Waals surface area contributed by atoms with Crippen molar-refractivity contribution in [1.82, 2.24) is 18.8 Å². The molecule has 3 aromatic rings. The second kappa shape index (κ2) is 8.05. The summed E-state index contributed by atoms with van der Waals surface area (Å²) in [5.41, 5.74) is 1.79. The lowest BCUT2D eigenvalue weighted by atomic mass is 10.1. The SMILES string of the molecule is CC(C)Cc1nc2cccnc2n1C1CCN(S(=O)(=O)c2ccc(Cl)cc2)CC1. The molecule has 154 valence electrons. The van der Waals surface area contributed by atoms with E-state index in [1.807, 2.05) is 12.1 Å². The highest BCUT2D eigenvalue weighted by atomic mass is 35.5. The Bertz CT molecular complexity index is 1100. The van der Waals surface area contributed by atoms with E-state index in [1.54, 1.807) is 34.8 Å². The number of halogens is 1. The smallest absolute Gasteiger partial charge is 0.243 e. The van der Waals surface area contributed by atoms with Crippen LogP contribution in [0, 0.1) is 5.92 Å². The first-order valence-electron chi connectivity index (χ1n) is 9.94. The maximum absolute atomic E-state index is 13.0. The van der Waals surface area contributed by atoms with Crippen molar-refractivity contribution in [3.63, 3.8) is 0 Å². The van der Waals surface area contributed by atoms with Crippen LogP contribution in [0.2, 0.25) is 5.02 Å². The molecule has 8 heteroatoms. The summed E-state index contributed by atoms with van der Waals surface area (Å²) in [5.74, 6) is 1.52. The molecule has 1 aliphatic rings. The van der Waals surface area contributed by atoms with Crippen LogP contribution in [0.1, 0.15) is 38.6 Å². The zero-order valence-electron chi connectivity index (χ0n) is 16.6. The van der Waals surface area contributed by atoms with Gasteiger partial charge in [0.1, 0.15) is 11.3 Å². The molecule has 0 N–H and O–H groups in total. The Morgan fingerprint density at radius 3 is 2.48 bits per heavy atom. The van der Waals surface area contributed by atoms with Crippen LogP contribution in [0.3, 0.4) is 0 Å². The van der Waals surface area contributed by atoms with Gasteiger partial charge in [-0.15, -0.1) is 0 Å². The molecule has 3 heterocycles. The zero-order chi connectivity index (χ0) is 20.6. The molecular formula is C21H25ClN4O2S. The fourth-order valence-corrected chi connectivity index (χ4v) is 5.56. The highest BCUT2D eigenvalue weighted by molar-refractivity contribution is 7.89. The number of benzene rings is 1. The average Bonchev–Trinajstić information content (AvgIpc) is 3.05. The van der Waals surface area contributed by atoms with Gasteiger partial charge in [0.25, 0.3) is 0 Å². The van der Waals surface area contributed by atoms with Gasteiger partial charge in [0.2, 0.25) is 10.0 Å². The summed E-state index contributed by atoms with van der Waals surface area (Å²) in [6.07, 6.45) is 4.14. The highest BCUT2D eigenvalue weighted by Gasteiger charge is 2.31. The van der Waals surface area contributed by atoms with Crippen molar-refractivity contribution < 1.29 is 8.42 Å². The van der Waals surface area contributed by atoms with E-state index in [2.05, 4.69) is 23.4 Å². The number of fused-ring (bicyclic) bond motifs is 1. The summed E-state index contributed by atoms with van der Waals surface area (Å²) >= 11 is 5.90. The molecular weight excluding hydrogens is 408 g/mol. The van der Waals surface area contributed by atoms with Crippen molar-refractivity contribution in [1.29, 1.82) is 0 Å². The first-order chi connectivity index (χ1) is 13.9. The van der Waals surface area contributed by atoms with Crippen molar-refractivity contribution in [2.75, 3.05) is 13.1 Å². The van der Waals surface area contributed by atoms with Crippen LogP contribution in [0.4, 0.5) is 0 Å². The van der Waals surface area contributed by atoms with Crippen LogP contribution in [0.5, 0.6) is 0 Å². The van der Waals surface area contributed by atoms with Crippen molar-refractivity contribution >= 4 is 32.8 Å². The Morgan fingerprint density at radius 2 is 1.83 bits per heavy atom. The molecule has 0 saturated carbocycles. The van der Waals surface area contributed by atoms with E-state index in [0.717, 1.165) is 36.3 Å². The standard InChI is InChI=1S/C21H25ClN4O2S/c1-15(2)14-20-24-19-4-3-11-23-21(19)26(20)17-9-12-25(13-10-17)29(27,28)18-7-5-16(22)6-8-18/h3-8,11,15,17H,9-10,12-14H2,1-2H3. The van der Waals surface area contributed by atoms with Crippen LogP contribution >= 0.6 is 11.6 Å². The van der Waals surface area contributed by atoms with E-state index in [4.69, 9.17) is 16.6 Å². The van der Waals surface area contributed by atoms with Gasteiger partial charge >= 0.3 is 0 Å². The molecule has 4 rings (SSSR count). The maximum Gasteiger partial charge on any atom is 0.243 e. The predicted octanol–water partition coefficient (Wildman–Crippen LogP) is 4.31. The summed E-state index contributed by atoms with van der Waals surface area (Å²) < 4.78 is 29.7. The predicted molar refractivity (Wildman–Crippen MR) is 115 cm³/mol. The minimum Gasteiger partial charge on any atom is -0.309 e. The molecule has 0 amide bonds. The lowest BCUT2D eigenvalue weighted by molar-refractivity contribution is 0.272. The highest BCUT2D eigenvalue weighted by Crippen LogP contribution is 2.31. The summed E-state index contributed by atoms with van der Waals surface area (Å²) in [6, 6.07) is 10.4. The monoisotopic (exact) mass is 432 g/mol. The molecule has 0 spiro atoms. The van der Waals surface area contributed by atoms with Crippen LogP contribution in [0.15, 0.2) is 47.5 Å². The minimum atomic E-state index is -3.51. The number of aromatic nitrogens is 3. The van der Waals surface area contributed by atoms with Crippen LogP contribution in [-0.4, -0.2) is 40.3 Å². The van der Waals surface area contributed by atoms with Gasteiger partial charge < -0.3 is 4.57 Å². The average molecular weight is 433 g/mol. The van der Waals surface area contributed by atoms with Crippen LogP contribution < -0.4 is 0 Å². The maximum atomic E-state index is 13.0. The molecule has 1 aliphatic heterocycles. The fourth-order valence-electron chi connectivity index (χ4n) is 3.97. The zero-order valence-corrected chi connectivity index (χ0v) is 18.2. The quantitative estimate of drug-likeness (QED) is 0.602. The van der Waals surface area contributed by atoms with E-state index >= 15 is 0 Å². The van der Waals surface area contributed by atoms with E-state index < -0.39 is 10.0 Å². The number of hydrogen-bond donors (Lipinski definition) is 0. The Labute approximate surface area is 176 Å². The second-order valence-electron chi connectivity index (χ2n) is 7.93. The second-order valence-corrected chi connectivity index (χ2v) is 10.3. The fraction of sp³-hybridized carbons (Fsp3) is 0.429. The Hall–Kier alpha value is -1.96. The molecule has 0 bridgehead atoms. The number of piperidine rings is 1. The topological polar surface area (TPSA) is 68.1 Å². The normalized spacial score (nSPS) is 16.7. The number of nitrogens with zero attached hydrogens (tertiary/aromatic N) is 4. The van der Waals surface area contributed by atoms with Crippen molar-refractivity contribution in [3.05, 3.63) is 53.4 Å². The first kappa shape index (κ1) is 20.3. The molecule has 29 heavy (non-hydrogen) atoms. The Kier molecular flexibility index (Phi) is 5.64. The van der Waals surface area contributed by atoms with Crippen LogP contribution in [0.25, 0.3) is 11.2 Å². The molecule has 1 saturated heterocycles.